The van der Waals surface area contributed by atoms with Crippen LogP contribution < -0.4 is 10.2 Å². The average Bonchev–Trinajstić information content (AvgIpc) is 2.88. The topological polar surface area (TPSA) is 65.7 Å². The van der Waals surface area contributed by atoms with Crippen LogP contribution in [0.3, 0.4) is 0 Å². The highest BCUT2D eigenvalue weighted by atomic mass is 16.3. The second-order valence-electron chi connectivity index (χ2n) is 4.30. The van der Waals surface area contributed by atoms with Crippen LogP contribution in [-0.2, 0) is 0 Å². The molecular formula is C13H21N5O. The van der Waals surface area contributed by atoms with Crippen LogP contribution in [0.25, 0.3) is 5.65 Å². The van der Waals surface area contributed by atoms with Gasteiger partial charge >= 0.3 is 0 Å². The first kappa shape index (κ1) is 13.6. The van der Waals surface area contributed by atoms with Gasteiger partial charge < -0.3 is 19.7 Å². The van der Waals surface area contributed by atoms with Crippen LogP contribution in [0.4, 0.5) is 11.6 Å². The van der Waals surface area contributed by atoms with E-state index in [0.29, 0.717) is 0 Å². The number of anilines is 2. The monoisotopic (exact) mass is 263 g/mol. The fourth-order valence-electron chi connectivity index (χ4n) is 2.07. The van der Waals surface area contributed by atoms with Crippen LogP contribution in [0.15, 0.2) is 18.6 Å². The van der Waals surface area contributed by atoms with Crippen molar-refractivity contribution in [3.8, 4) is 0 Å². The molecule has 0 aliphatic rings. The molecule has 0 radical (unpaired) electrons. The summed E-state index contributed by atoms with van der Waals surface area (Å²) in [5.41, 5.74) is 0.849. The van der Waals surface area contributed by atoms with Gasteiger partial charge in [0.05, 0.1) is 6.20 Å². The highest BCUT2D eigenvalue weighted by molar-refractivity contribution is 5.66. The first-order chi connectivity index (χ1) is 9.30. The largest absolute Gasteiger partial charge is 0.396 e. The molecule has 2 rings (SSSR count). The van der Waals surface area contributed by atoms with Crippen LogP contribution >= 0.6 is 0 Å². The maximum absolute atomic E-state index is 8.99. The van der Waals surface area contributed by atoms with E-state index in [4.69, 9.17) is 5.11 Å². The number of fused-ring (bicyclic) bond motifs is 1. The Hall–Kier alpha value is -1.82. The van der Waals surface area contributed by atoms with Crippen molar-refractivity contribution >= 4 is 17.3 Å². The van der Waals surface area contributed by atoms with Crippen LogP contribution in [0, 0.1) is 0 Å². The summed E-state index contributed by atoms with van der Waals surface area (Å²) < 4.78 is 1.97. The quantitative estimate of drug-likeness (QED) is 0.790. The van der Waals surface area contributed by atoms with Crippen molar-refractivity contribution in [2.75, 3.05) is 36.5 Å². The van der Waals surface area contributed by atoms with E-state index in [9.17, 15) is 0 Å². The van der Waals surface area contributed by atoms with Gasteiger partial charge in [0.2, 0.25) is 0 Å². The van der Waals surface area contributed by atoms with Crippen LogP contribution in [0.5, 0.6) is 0 Å². The molecule has 0 amide bonds. The number of nitrogens with one attached hydrogen (secondary N) is 1. The van der Waals surface area contributed by atoms with Gasteiger partial charge in [-0.25, -0.2) is 9.97 Å². The molecule has 2 heterocycles. The predicted molar refractivity (Wildman–Crippen MR) is 76.7 cm³/mol. The lowest BCUT2D eigenvalue weighted by Crippen LogP contribution is -2.26. The minimum Gasteiger partial charge on any atom is -0.396 e. The Morgan fingerprint density at radius 3 is 2.95 bits per heavy atom. The number of aliphatic hydroxyl groups is 1. The number of aromatic nitrogens is 3. The molecule has 0 saturated carbocycles. The van der Waals surface area contributed by atoms with Gasteiger partial charge in [-0.2, -0.15) is 0 Å². The molecule has 2 aromatic heterocycles. The van der Waals surface area contributed by atoms with Crippen molar-refractivity contribution in [2.24, 2.45) is 0 Å². The molecule has 6 heteroatoms. The Balaban J connectivity index is 2.40. The smallest absolute Gasteiger partial charge is 0.180 e. The lowest BCUT2D eigenvalue weighted by Gasteiger charge is -2.22. The molecule has 0 aliphatic carbocycles. The Morgan fingerprint density at radius 2 is 2.26 bits per heavy atom. The molecule has 2 N–H and O–H groups in total. The maximum Gasteiger partial charge on any atom is 0.180 e. The predicted octanol–water partition coefficient (Wildman–Crippen LogP) is 1.37. The highest BCUT2D eigenvalue weighted by Gasteiger charge is 2.13. The van der Waals surface area contributed by atoms with Crippen molar-refractivity contribution in [3.05, 3.63) is 18.6 Å². The number of rotatable bonds is 7. The number of nitrogens with zero attached hydrogens (tertiary/aromatic N) is 4. The minimum absolute atomic E-state index is 0.189. The molecule has 0 aliphatic heterocycles. The summed E-state index contributed by atoms with van der Waals surface area (Å²) in [5.74, 6) is 1.70. The van der Waals surface area contributed by atoms with Crippen molar-refractivity contribution < 1.29 is 5.11 Å². The van der Waals surface area contributed by atoms with Crippen LogP contribution in [0.1, 0.15) is 20.3 Å². The zero-order valence-corrected chi connectivity index (χ0v) is 11.5. The Labute approximate surface area is 113 Å². The van der Waals surface area contributed by atoms with Gasteiger partial charge in [0.1, 0.15) is 5.82 Å². The Morgan fingerprint density at radius 1 is 1.42 bits per heavy atom. The third-order valence-electron chi connectivity index (χ3n) is 2.98. The normalized spacial score (nSPS) is 10.9. The van der Waals surface area contributed by atoms with Crippen molar-refractivity contribution in [1.82, 2.24) is 14.4 Å². The first-order valence-corrected chi connectivity index (χ1v) is 6.73. The van der Waals surface area contributed by atoms with E-state index in [1.54, 1.807) is 6.20 Å². The maximum atomic E-state index is 8.99. The van der Waals surface area contributed by atoms with Gasteiger partial charge in [0, 0.05) is 38.6 Å². The molecule has 0 saturated heterocycles. The Kier molecular flexibility index (Phi) is 4.57. The summed E-state index contributed by atoms with van der Waals surface area (Å²) in [6.07, 6.45) is 6.36. The van der Waals surface area contributed by atoms with E-state index in [1.165, 1.54) is 0 Å². The molecule has 0 aromatic carbocycles. The van der Waals surface area contributed by atoms with E-state index in [0.717, 1.165) is 43.3 Å². The summed E-state index contributed by atoms with van der Waals surface area (Å²) in [6.45, 7) is 6.76. The van der Waals surface area contributed by atoms with Crippen molar-refractivity contribution in [1.29, 1.82) is 0 Å². The third kappa shape index (κ3) is 2.96. The summed E-state index contributed by atoms with van der Waals surface area (Å²) in [4.78, 5) is 11.1. The zero-order chi connectivity index (χ0) is 13.7. The molecule has 0 unspecified atom stereocenters. The van der Waals surface area contributed by atoms with Gasteiger partial charge in [0.15, 0.2) is 11.5 Å². The van der Waals surface area contributed by atoms with Gasteiger partial charge in [-0.05, 0) is 20.3 Å². The molecular weight excluding hydrogens is 242 g/mol. The number of imidazole rings is 1. The molecule has 0 bridgehead atoms. The summed E-state index contributed by atoms with van der Waals surface area (Å²) >= 11 is 0. The molecule has 0 spiro atoms. The molecule has 104 valence electrons. The fourth-order valence-corrected chi connectivity index (χ4v) is 2.07. The Bertz CT molecular complexity index is 525. The minimum atomic E-state index is 0.189. The number of aliphatic hydroxyl groups excluding tert-OH is 1. The molecule has 0 atom stereocenters. The van der Waals surface area contributed by atoms with Gasteiger partial charge in [-0.3, -0.25) is 0 Å². The summed E-state index contributed by atoms with van der Waals surface area (Å²) in [5, 5.41) is 12.2. The van der Waals surface area contributed by atoms with E-state index in [1.807, 2.05) is 23.7 Å². The van der Waals surface area contributed by atoms with E-state index in [2.05, 4.69) is 27.1 Å². The first-order valence-electron chi connectivity index (χ1n) is 6.73. The standard InChI is InChI=1S/C13H21N5O/c1-3-14-11-10-18-8-6-15-12(18)13(16-11)17(4-2)7-5-9-19/h6,8,10,14,19H,3-5,7,9H2,1-2H3. The van der Waals surface area contributed by atoms with Gasteiger partial charge in [0.25, 0.3) is 0 Å². The SMILES string of the molecule is CCNc1cn2ccnc2c(N(CC)CCCO)n1. The third-order valence-corrected chi connectivity index (χ3v) is 2.98. The van der Waals surface area contributed by atoms with Crippen molar-refractivity contribution in [3.63, 3.8) is 0 Å². The van der Waals surface area contributed by atoms with Crippen LogP contribution in [0.2, 0.25) is 0 Å². The summed E-state index contributed by atoms with van der Waals surface area (Å²) in [6, 6.07) is 0. The molecule has 6 nitrogen and oxygen atoms in total. The second-order valence-corrected chi connectivity index (χ2v) is 4.30. The van der Waals surface area contributed by atoms with Gasteiger partial charge in [-0.1, -0.05) is 0 Å². The zero-order valence-electron chi connectivity index (χ0n) is 11.5. The van der Waals surface area contributed by atoms with Crippen LogP contribution in [-0.4, -0.2) is 45.7 Å². The molecule has 0 fully saturated rings. The lowest BCUT2D eigenvalue weighted by molar-refractivity contribution is 0.289. The van der Waals surface area contributed by atoms with E-state index >= 15 is 0 Å². The molecule has 2 aromatic rings. The van der Waals surface area contributed by atoms with E-state index in [-0.39, 0.29) is 6.61 Å². The molecule has 19 heavy (non-hydrogen) atoms. The second kappa shape index (κ2) is 6.38. The van der Waals surface area contributed by atoms with Gasteiger partial charge in [-0.15, -0.1) is 0 Å². The van der Waals surface area contributed by atoms with Crippen molar-refractivity contribution in [2.45, 2.75) is 20.3 Å². The number of hydrogen-bond donors (Lipinski definition) is 2. The average molecular weight is 263 g/mol. The lowest BCUT2D eigenvalue weighted by atomic mass is 10.3. The highest BCUT2D eigenvalue weighted by Crippen LogP contribution is 2.20. The van der Waals surface area contributed by atoms with E-state index < -0.39 is 0 Å². The number of hydrogen-bond acceptors (Lipinski definition) is 5. The fraction of sp³-hybridized carbons (Fsp3) is 0.538. The summed E-state index contributed by atoms with van der Waals surface area (Å²) in [7, 11) is 0.